The Morgan fingerprint density at radius 2 is 1.94 bits per heavy atom. The van der Waals surface area contributed by atoms with E-state index >= 15 is 0 Å². The van der Waals surface area contributed by atoms with Crippen molar-refractivity contribution in [3.63, 3.8) is 0 Å². The Morgan fingerprint density at radius 1 is 1.33 bits per heavy atom. The van der Waals surface area contributed by atoms with E-state index < -0.39 is 28.9 Å². The fraction of sp³-hybridized carbons (Fsp3) is 0.417. The zero-order valence-electron chi connectivity index (χ0n) is 9.43. The molecule has 1 heterocycles. The molecule has 0 aliphatic carbocycles. The number of carbonyl (C=O) groups excluding carboxylic acids is 1. The lowest BCUT2D eigenvalue weighted by Gasteiger charge is -2.23. The van der Waals surface area contributed by atoms with Gasteiger partial charge in [0.1, 0.15) is 23.0 Å². The summed E-state index contributed by atoms with van der Waals surface area (Å²) in [6.07, 6.45) is 1.45. The maximum atomic E-state index is 13.5. The molecule has 0 spiro atoms. The van der Waals surface area contributed by atoms with Gasteiger partial charge in [-0.2, -0.15) is 0 Å². The van der Waals surface area contributed by atoms with Crippen molar-refractivity contribution in [2.75, 3.05) is 12.4 Å². The van der Waals surface area contributed by atoms with Crippen LogP contribution in [0.25, 0.3) is 0 Å². The minimum absolute atomic E-state index is 0.218. The number of nitrogens with zero attached hydrogens (tertiary/aromatic N) is 1. The van der Waals surface area contributed by atoms with Crippen molar-refractivity contribution in [3.8, 4) is 0 Å². The van der Waals surface area contributed by atoms with Gasteiger partial charge in [0, 0.05) is 30.6 Å². The van der Waals surface area contributed by atoms with Crippen molar-refractivity contribution < 1.29 is 18.0 Å². The molecule has 0 N–H and O–H groups in total. The second kappa shape index (κ2) is 5.18. The van der Waals surface area contributed by atoms with Crippen LogP contribution < -0.4 is 0 Å². The molecule has 18 heavy (non-hydrogen) atoms. The largest absolute Gasteiger partial charge is 0.334 e. The summed E-state index contributed by atoms with van der Waals surface area (Å²) in [6, 6.07) is 0.785. The molecule has 0 bridgehead atoms. The molecular weight excluding hydrogens is 267 g/mol. The molecule has 2 rings (SSSR count). The van der Waals surface area contributed by atoms with Crippen LogP contribution in [0.2, 0.25) is 0 Å². The average molecular weight is 278 g/mol. The number of hydrogen-bond acceptors (Lipinski definition) is 1. The van der Waals surface area contributed by atoms with Gasteiger partial charge in [0.2, 0.25) is 0 Å². The molecule has 1 aliphatic heterocycles. The Morgan fingerprint density at radius 3 is 2.50 bits per heavy atom. The molecule has 98 valence electrons. The normalized spacial score (nSPS) is 19.3. The number of likely N-dealkylation sites (tertiary alicyclic amines) is 1. The van der Waals surface area contributed by atoms with Crippen molar-refractivity contribution in [2.24, 2.45) is 0 Å². The molecular formula is C12H11ClF3NO. The Kier molecular flexibility index (Phi) is 3.80. The van der Waals surface area contributed by atoms with Crippen LogP contribution in [0.4, 0.5) is 13.2 Å². The summed E-state index contributed by atoms with van der Waals surface area (Å²) in [6.45, 7) is 0.409. The number of carbonyl (C=O) groups is 1. The molecule has 1 unspecified atom stereocenters. The van der Waals surface area contributed by atoms with Gasteiger partial charge >= 0.3 is 0 Å². The van der Waals surface area contributed by atoms with Gasteiger partial charge in [-0.1, -0.05) is 0 Å². The van der Waals surface area contributed by atoms with E-state index in [1.54, 1.807) is 0 Å². The van der Waals surface area contributed by atoms with E-state index in [9.17, 15) is 18.0 Å². The maximum Gasteiger partial charge on any atom is 0.260 e. The van der Waals surface area contributed by atoms with Crippen LogP contribution in [0.3, 0.4) is 0 Å². The summed E-state index contributed by atoms with van der Waals surface area (Å²) in [5.74, 6) is -3.96. The third kappa shape index (κ3) is 2.32. The lowest BCUT2D eigenvalue weighted by atomic mass is 10.1. The van der Waals surface area contributed by atoms with Gasteiger partial charge in [-0.05, 0) is 12.8 Å². The third-order valence-electron chi connectivity index (χ3n) is 3.04. The molecule has 1 aliphatic rings. The van der Waals surface area contributed by atoms with Gasteiger partial charge in [0.15, 0.2) is 0 Å². The SMILES string of the molecule is O=C(c1c(F)cc(F)cc1F)N1CCCC1CCl. The highest BCUT2D eigenvalue weighted by molar-refractivity contribution is 6.18. The minimum Gasteiger partial charge on any atom is -0.334 e. The van der Waals surface area contributed by atoms with Gasteiger partial charge < -0.3 is 4.90 Å². The van der Waals surface area contributed by atoms with Crippen LogP contribution in [0, 0.1) is 17.5 Å². The monoisotopic (exact) mass is 277 g/mol. The molecule has 6 heteroatoms. The third-order valence-corrected chi connectivity index (χ3v) is 3.39. The Bertz CT molecular complexity index is 457. The molecule has 0 radical (unpaired) electrons. The Labute approximate surface area is 107 Å². The van der Waals surface area contributed by atoms with Gasteiger partial charge in [0.25, 0.3) is 5.91 Å². The lowest BCUT2D eigenvalue weighted by Crippen LogP contribution is -2.37. The van der Waals surface area contributed by atoms with Crippen LogP contribution >= 0.6 is 11.6 Å². The number of hydrogen-bond donors (Lipinski definition) is 0. The highest BCUT2D eigenvalue weighted by Crippen LogP contribution is 2.24. The van der Waals surface area contributed by atoms with Gasteiger partial charge in [-0.15, -0.1) is 11.6 Å². The summed E-state index contributed by atoms with van der Waals surface area (Å²) in [7, 11) is 0. The van der Waals surface area contributed by atoms with E-state index in [0.717, 1.165) is 6.42 Å². The number of benzene rings is 1. The van der Waals surface area contributed by atoms with Crippen LogP contribution in [-0.4, -0.2) is 29.3 Å². The predicted molar refractivity (Wildman–Crippen MR) is 61.1 cm³/mol. The molecule has 0 saturated carbocycles. The summed E-state index contributed by atoms with van der Waals surface area (Å²) in [5, 5.41) is 0. The maximum absolute atomic E-state index is 13.5. The summed E-state index contributed by atoms with van der Waals surface area (Å²) < 4.78 is 39.7. The van der Waals surface area contributed by atoms with E-state index in [1.807, 2.05) is 0 Å². The number of rotatable bonds is 2. The quantitative estimate of drug-likeness (QED) is 0.761. The fourth-order valence-electron chi connectivity index (χ4n) is 2.15. The highest BCUT2D eigenvalue weighted by Gasteiger charge is 2.32. The molecule has 1 aromatic carbocycles. The highest BCUT2D eigenvalue weighted by atomic mass is 35.5. The first kappa shape index (κ1) is 13.2. The van der Waals surface area contributed by atoms with E-state index in [0.29, 0.717) is 25.1 Å². The second-order valence-electron chi connectivity index (χ2n) is 4.19. The van der Waals surface area contributed by atoms with Crippen molar-refractivity contribution in [1.29, 1.82) is 0 Å². The number of halogens is 4. The number of alkyl halides is 1. The molecule has 1 fully saturated rings. The minimum atomic E-state index is -1.18. The summed E-state index contributed by atoms with van der Waals surface area (Å²) >= 11 is 5.70. The molecule has 2 nitrogen and oxygen atoms in total. The van der Waals surface area contributed by atoms with Gasteiger partial charge in [-0.25, -0.2) is 13.2 Å². The lowest BCUT2D eigenvalue weighted by molar-refractivity contribution is 0.0739. The van der Waals surface area contributed by atoms with Crippen LogP contribution in [0.15, 0.2) is 12.1 Å². The van der Waals surface area contributed by atoms with E-state index in [1.165, 1.54) is 4.90 Å². The molecule has 0 aromatic heterocycles. The fourth-order valence-corrected chi connectivity index (χ4v) is 2.47. The second-order valence-corrected chi connectivity index (χ2v) is 4.50. The first-order chi connectivity index (χ1) is 8.54. The zero-order valence-corrected chi connectivity index (χ0v) is 10.2. The predicted octanol–water partition coefficient (Wildman–Crippen LogP) is 2.95. The molecule has 1 saturated heterocycles. The van der Waals surface area contributed by atoms with Gasteiger partial charge in [-0.3, -0.25) is 4.79 Å². The summed E-state index contributed by atoms with van der Waals surface area (Å²) in [5.41, 5.74) is -0.714. The Hall–Kier alpha value is -1.23. The number of amides is 1. The standard InChI is InChI=1S/C12H11ClF3NO/c13-6-8-2-1-3-17(8)12(18)11-9(15)4-7(14)5-10(11)16/h4-5,8H,1-3,6H2. The van der Waals surface area contributed by atoms with Crippen molar-refractivity contribution in [2.45, 2.75) is 18.9 Å². The smallest absolute Gasteiger partial charge is 0.260 e. The van der Waals surface area contributed by atoms with Crippen LogP contribution in [0.5, 0.6) is 0 Å². The van der Waals surface area contributed by atoms with Crippen LogP contribution in [-0.2, 0) is 0 Å². The van der Waals surface area contributed by atoms with Crippen LogP contribution in [0.1, 0.15) is 23.2 Å². The van der Waals surface area contributed by atoms with Gasteiger partial charge in [0.05, 0.1) is 0 Å². The molecule has 1 atom stereocenters. The van der Waals surface area contributed by atoms with E-state index in [4.69, 9.17) is 11.6 Å². The van der Waals surface area contributed by atoms with E-state index in [2.05, 4.69) is 0 Å². The van der Waals surface area contributed by atoms with Crippen molar-refractivity contribution in [3.05, 3.63) is 35.1 Å². The molecule has 1 aromatic rings. The van der Waals surface area contributed by atoms with Crippen molar-refractivity contribution >= 4 is 17.5 Å². The Balaban J connectivity index is 2.34. The molecule has 1 amide bonds. The first-order valence-corrected chi connectivity index (χ1v) is 6.09. The first-order valence-electron chi connectivity index (χ1n) is 5.56. The van der Waals surface area contributed by atoms with E-state index in [-0.39, 0.29) is 11.9 Å². The summed E-state index contributed by atoms with van der Waals surface area (Å²) in [4.78, 5) is 13.4. The average Bonchev–Trinajstić information content (AvgIpc) is 2.75. The zero-order chi connectivity index (χ0) is 13.3. The van der Waals surface area contributed by atoms with Crippen molar-refractivity contribution in [1.82, 2.24) is 4.90 Å². The topological polar surface area (TPSA) is 20.3 Å².